The van der Waals surface area contributed by atoms with E-state index >= 15 is 0 Å². The molecular weight excluding hydrogens is 238 g/mol. The third kappa shape index (κ3) is 3.96. The van der Waals surface area contributed by atoms with Gasteiger partial charge < -0.3 is 10.2 Å². The van der Waals surface area contributed by atoms with Crippen LogP contribution in [0.25, 0.3) is 0 Å². The number of benzene rings is 1. The molecule has 0 unspecified atom stereocenters. The number of nitrogens with one attached hydrogen (secondary N) is 1. The zero-order chi connectivity index (χ0) is 13.7. The van der Waals surface area contributed by atoms with Gasteiger partial charge in [0, 0.05) is 38.8 Å². The van der Waals surface area contributed by atoms with E-state index < -0.39 is 0 Å². The van der Waals surface area contributed by atoms with E-state index in [1.807, 2.05) is 35.2 Å². The maximum Gasteiger partial charge on any atom is 0.317 e. The lowest BCUT2D eigenvalue weighted by Gasteiger charge is -2.36. The van der Waals surface area contributed by atoms with Crippen molar-refractivity contribution in [2.45, 2.75) is 26.4 Å². The van der Waals surface area contributed by atoms with Gasteiger partial charge in [-0.1, -0.05) is 30.3 Å². The molecule has 0 bridgehead atoms. The number of carbonyl (C=O) groups is 1. The van der Waals surface area contributed by atoms with Crippen LogP contribution < -0.4 is 5.32 Å². The van der Waals surface area contributed by atoms with Gasteiger partial charge in [-0.25, -0.2) is 4.79 Å². The van der Waals surface area contributed by atoms with E-state index in [9.17, 15) is 4.79 Å². The first-order chi connectivity index (χ1) is 9.16. The van der Waals surface area contributed by atoms with Crippen LogP contribution in [0, 0.1) is 0 Å². The number of nitrogens with zero attached hydrogens (tertiary/aromatic N) is 2. The molecule has 0 radical (unpaired) electrons. The topological polar surface area (TPSA) is 35.6 Å². The second-order valence-corrected chi connectivity index (χ2v) is 5.26. The highest BCUT2D eigenvalue weighted by Gasteiger charge is 2.21. The van der Waals surface area contributed by atoms with Crippen LogP contribution in [0.4, 0.5) is 4.79 Å². The second-order valence-electron chi connectivity index (χ2n) is 5.26. The molecule has 4 nitrogen and oxygen atoms in total. The second kappa shape index (κ2) is 6.57. The Kier molecular flexibility index (Phi) is 4.80. The molecule has 2 amide bonds. The molecule has 1 fully saturated rings. The van der Waals surface area contributed by atoms with Gasteiger partial charge in [0.15, 0.2) is 0 Å². The first-order valence-electron chi connectivity index (χ1n) is 6.97. The first-order valence-corrected chi connectivity index (χ1v) is 6.97. The number of piperazine rings is 1. The van der Waals surface area contributed by atoms with Crippen LogP contribution >= 0.6 is 0 Å². The van der Waals surface area contributed by atoms with Crippen molar-refractivity contribution in [1.29, 1.82) is 0 Å². The molecular formula is C15H23N3O. The maximum atomic E-state index is 12.0. The summed E-state index contributed by atoms with van der Waals surface area (Å²) in [6.45, 7) is 8.57. The van der Waals surface area contributed by atoms with Gasteiger partial charge in [0.05, 0.1) is 0 Å². The fraction of sp³-hybridized carbons (Fsp3) is 0.533. The molecule has 0 aromatic heterocycles. The molecule has 1 aromatic rings. The van der Waals surface area contributed by atoms with Crippen LogP contribution in [0.5, 0.6) is 0 Å². The summed E-state index contributed by atoms with van der Waals surface area (Å²) < 4.78 is 0. The summed E-state index contributed by atoms with van der Waals surface area (Å²) in [6.07, 6.45) is 0. The monoisotopic (exact) mass is 261 g/mol. The van der Waals surface area contributed by atoms with Crippen molar-refractivity contribution in [2.24, 2.45) is 0 Å². The van der Waals surface area contributed by atoms with E-state index in [1.165, 1.54) is 0 Å². The third-order valence-corrected chi connectivity index (χ3v) is 3.62. The SMILES string of the molecule is CC(C)N1CCN(C(=O)NCc2ccccc2)CC1. The Balaban J connectivity index is 1.76. The smallest absolute Gasteiger partial charge is 0.317 e. The highest BCUT2D eigenvalue weighted by molar-refractivity contribution is 5.74. The first kappa shape index (κ1) is 13.9. The van der Waals surface area contributed by atoms with Crippen molar-refractivity contribution in [2.75, 3.05) is 26.2 Å². The molecule has 2 rings (SSSR count). The maximum absolute atomic E-state index is 12.0. The molecule has 1 aromatic carbocycles. The van der Waals surface area contributed by atoms with Gasteiger partial charge in [-0.3, -0.25) is 4.90 Å². The third-order valence-electron chi connectivity index (χ3n) is 3.62. The van der Waals surface area contributed by atoms with E-state index in [2.05, 4.69) is 24.1 Å². The Hall–Kier alpha value is -1.55. The van der Waals surface area contributed by atoms with Gasteiger partial charge in [0.25, 0.3) is 0 Å². The van der Waals surface area contributed by atoms with E-state index in [1.54, 1.807) is 0 Å². The number of rotatable bonds is 3. The van der Waals surface area contributed by atoms with E-state index in [0.717, 1.165) is 31.7 Å². The Labute approximate surface area is 115 Å². The van der Waals surface area contributed by atoms with Crippen LogP contribution in [0.3, 0.4) is 0 Å². The zero-order valence-electron chi connectivity index (χ0n) is 11.8. The van der Waals surface area contributed by atoms with E-state index in [-0.39, 0.29) is 6.03 Å². The normalized spacial score (nSPS) is 16.7. The Morgan fingerprint density at radius 1 is 1.16 bits per heavy atom. The molecule has 4 heteroatoms. The largest absolute Gasteiger partial charge is 0.334 e. The van der Waals surface area contributed by atoms with Crippen molar-refractivity contribution in [3.8, 4) is 0 Å². The lowest BCUT2D eigenvalue weighted by Crippen LogP contribution is -2.53. The van der Waals surface area contributed by atoms with Gasteiger partial charge in [0.2, 0.25) is 0 Å². The number of hydrogen-bond acceptors (Lipinski definition) is 2. The lowest BCUT2D eigenvalue weighted by atomic mass is 10.2. The van der Waals surface area contributed by atoms with E-state index in [4.69, 9.17) is 0 Å². The standard InChI is InChI=1S/C15H23N3O/c1-13(2)17-8-10-18(11-9-17)15(19)16-12-14-6-4-3-5-7-14/h3-7,13H,8-12H2,1-2H3,(H,16,19). The van der Waals surface area contributed by atoms with Crippen LogP contribution in [0.2, 0.25) is 0 Å². The highest BCUT2D eigenvalue weighted by atomic mass is 16.2. The van der Waals surface area contributed by atoms with Crippen LogP contribution in [0.15, 0.2) is 30.3 Å². The zero-order valence-corrected chi connectivity index (χ0v) is 11.8. The fourth-order valence-electron chi connectivity index (χ4n) is 2.33. The predicted molar refractivity (Wildman–Crippen MR) is 77.0 cm³/mol. The van der Waals surface area contributed by atoms with Crippen LogP contribution in [-0.2, 0) is 6.54 Å². The van der Waals surface area contributed by atoms with Gasteiger partial charge in [-0.05, 0) is 19.4 Å². The summed E-state index contributed by atoms with van der Waals surface area (Å²) in [7, 11) is 0. The van der Waals surface area contributed by atoms with Crippen molar-refractivity contribution < 1.29 is 4.79 Å². The molecule has 0 spiro atoms. The van der Waals surface area contributed by atoms with Crippen LogP contribution in [-0.4, -0.2) is 48.1 Å². The fourth-order valence-corrected chi connectivity index (χ4v) is 2.33. The molecule has 1 heterocycles. The van der Waals surface area contributed by atoms with E-state index in [0.29, 0.717) is 12.6 Å². The highest BCUT2D eigenvalue weighted by Crippen LogP contribution is 2.06. The minimum Gasteiger partial charge on any atom is -0.334 e. The number of carbonyl (C=O) groups excluding carboxylic acids is 1. The molecule has 0 aliphatic carbocycles. The van der Waals surface area contributed by atoms with Gasteiger partial charge in [-0.2, -0.15) is 0 Å². The van der Waals surface area contributed by atoms with Crippen molar-refractivity contribution in [3.63, 3.8) is 0 Å². The van der Waals surface area contributed by atoms with Crippen molar-refractivity contribution >= 4 is 6.03 Å². The molecule has 1 aliphatic rings. The molecule has 0 saturated carbocycles. The minimum atomic E-state index is 0.0484. The molecule has 1 aliphatic heterocycles. The average molecular weight is 261 g/mol. The predicted octanol–water partition coefficient (Wildman–Crippen LogP) is 1.92. The Bertz CT molecular complexity index is 397. The quantitative estimate of drug-likeness (QED) is 0.902. The molecule has 19 heavy (non-hydrogen) atoms. The Morgan fingerprint density at radius 2 is 1.79 bits per heavy atom. The Morgan fingerprint density at radius 3 is 2.37 bits per heavy atom. The summed E-state index contributed by atoms with van der Waals surface area (Å²) in [5.41, 5.74) is 1.14. The number of urea groups is 1. The summed E-state index contributed by atoms with van der Waals surface area (Å²) in [6, 6.07) is 10.6. The van der Waals surface area contributed by atoms with Crippen molar-refractivity contribution in [1.82, 2.24) is 15.1 Å². The van der Waals surface area contributed by atoms with Gasteiger partial charge >= 0.3 is 6.03 Å². The molecule has 1 N–H and O–H groups in total. The number of amides is 2. The average Bonchev–Trinajstić information content (AvgIpc) is 2.46. The number of hydrogen-bond donors (Lipinski definition) is 1. The van der Waals surface area contributed by atoms with Crippen molar-refractivity contribution in [3.05, 3.63) is 35.9 Å². The van der Waals surface area contributed by atoms with Gasteiger partial charge in [0.1, 0.15) is 0 Å². The molecule has 104 valence electrons. The molecule has 1 saturated heterocycles. The van der Waals surface area contributed by atoms with Gasteiger partial charge in [-0.15, -0.1) is 0 Å². The minimum absolute atomic E-state index is 0.0484. The summed E-state index contributed by atoms with van der Waals surface area (Å²) in [4.78, 5) is 16.4. The summed E-state index contributed by atoms with van der Waals surface area (Å²) in [5.74, 6) is 0. The summed E-state index contributed by atoms with van der Waals surface area (Å²) >= 11 is 0. The summed E-state index contributed by atoms with van der Waals surface area (Å²) in [5, 5.41) is 2.98. The van der Waals surface area contributed by atoms with Crippen LogP contribution in [0.1, 0.15) is 19.4 Å². The lowest BCUT2D eigenvalue weighted by molar-refractivity contribution is 0.119. The molecule has 0 atom stereocenters.